The van der Waals surface area contributed by atoms with Crippen molar-refractivity contribution >= 4 is 45.5 Å². The van der Waals surface area contributed by atoms with E-state index in [1.807, 2.05) is 20.8 Å². The van der Waals surface area contributed by atoms with Crippen LogP contribution in [0.4, 0.5) is 0 Å². The van der Waals surface area contributed by atoms with Crippen molar-refractivity contribution in [3.05, 3.63) is 29.3 Å². The molecule has 0 unspecified atom stereocenters. The molecule has 1 aromatic carbocycles. The fourth-order valence-corrected chi connectivity index (χ4v) is 2.69. The van der Waals surface area contributed by atoms with E-state index in [0.717, 1.165) is 16.4 Å². The Hall–Kier alpha value is -1.54. The molecule has 22 heavy (non-hydrogen) atoms. The third kappa shape index (κ3) is 4.74. The van der Waals surface area contributed by atoms with Gasteiger partial charge in [-0.1, -0.05) is 11.8 Å². The molecule has 120 valence electrons. The van der Waals surface area contributed by atoms with Crippen molar-refractivity contribution in [1.29, 1.82) is 0 Å². The van der Waals surface area contributed by atoms with Gasteiger partial charge in [0, 0.05) is 5.75 Å². The Balaban J connectivity index is 0.00000242. The quantitative estimate of drug-likeness (QED) is 0.725. The molecule has 8 heteroatoms. The maximum atomic E-state index is 11.2. The van der Waals surface area contributed by atoms with Gasteiger partial charge in [0.2, 0.25) is 0 Å². The number of carbonyl (C=O) groups is 1. The highest BCUT2D eigenvalue weighted by molar-refractivity contribution is 8.93. The normalized spacial score (nSPS) is 16.5. The number of nitrogens with one attached hydrogen (secondary N) is 1. The summed E-state index contributed by atoms with van der Waals surface area (Å²) in [4.78, 5) is 15.8. The molecule has 1 aromatic rings. The monoisotopic (exact) mass is 386 g/mol. The van der Waals surface area contributed by atoms with E-state index in [9.17, 15) is 9.90 Å². The summed E-state index contributed by atoms with van der Waals surface area (Å²) in [6.07, 6.45) is 0. The summed E-state index contributed by atoms with van der Waals surface area (Å²) < 4.78 is 0. The Bertz CT molecular complexity index is 638. The van der Waals surface area contributed by atoms with Crippen molar-refractivity contribution in [1.82, 2.24) is 5.43 Å². The van der Waals surface area contributed by atoms with Gasteiger partial charge in [-0.05, 0) is 44.5 Å². The molecule has 0 radical (unpaired) electrons. The van der Waals surface area contributed by atoms with Crippen molar-refractivity contribution in [2.75, 3.05) is 5.75 Å². The number of carbonyl (C=O) groups excluding carboxylic acids is 1. The van der Waals surface area contributed by atoms with Crippen LogP contribution >= 0.6 is 28.7 Å². The smallest absolute Gasteiger partial charge is 0.252 e. The number of hydrogen-bond donors (Lipinski definition) is 3. The minimum Gasteiger partial charge on any atom is -0.507 e. The van der Waals surface area contributed by atoms with Gasteiger partial charge in [0.1, 0.15) is 5.75 Å². The third-order valence-electron chi connectivity index (χ3n) is 2.66. The number of halogens is 1. The second kappa shape index (κ2) is 7.15. The molecule has 2 rings (SSSR count). The number of nitrogens with zero attached hydrogens (tertiary/aromatic N) is 2. The number of amidine groups is 1. The van der Waals surface area contributed by atoms with E-state index < -0.39 is 5.91 Å². The van der Waals surface area contributed by atoms with Crippen LogP contribution in [0.25, 0.3) is 0 Å². The number of hydrazone groups is 1. The van der Waals surface area contributed by atoms with Gasteiger partial charge in [0.25, 0.3) is 5.91 Å². The Morgan fingerprint density at radius 2 is 2.14 bits per heavy atom. The van der Waals surface area contributed by atoms with Gasteiger partial charge in [0.05, 0.1) is 16.8 Å². The summed E-state index contributed by atoms with van der Waals surface area (Å²) >= 11 is 1.54. The van der Waals surface area contributed by atoms with Gasteiger partial charge < -0.3 is 10.8 Å². The Morgan fingerprint density at radius 1 is 1.45 bits per heavy atom. The highest BCUT2D eigenvalue weighted by Gasteiger charge is 2.18. The number of phenols is 1. The molecule has 4 N–H and O–H groups in total. The first kappa shape index (κ1) is 18.5. The summed E-state index contributed by atoms with van der Waals surface area (Å²) in [6, 6.07) is 4.70. The van der Waals surface area contributed by atoms with Crippen LogP contribution < -0.4 is 11.2 Å². The number of rotatable bonds is 2. The zero-order valence-corrected chi connectivity index (χ0v) is 15.1. The fraction of sp³-hybridized carbons (Fsp3) is 0.357. The molecule has 0 aliphatic carbocycles. The van der Waals surface area contributed by atoms with Crippen molar-refractivity contribution in [2.24, 2.45) is 15.8 Å². The van der Waals surface area contributed by atoms with E-state index in [4.69, 9.17) is 5.73 Å². The molecular formula is C14H19BrN4O2S. The summed E-state index contributed by atoms with van der Waals surface area (Å²) in [5.74, 6) is -0.162. The predicted octanol–water partition coefficient (Wildman–Crippen LogP) is 2.26. The van der Waals surface area contributed by atoms with E-state index in [1.165, 1.54) is 6.07 Å². The zero-order chi connectivity index (χ0) is 15.6. The molecule has 1 amide bonds. The van der Waals surface area contributed by atoms with Crippen LogP contribution in [-0.2, 0) is 0 Å². The average molecular weight is 387 g/mol. The number of thioether (sulfide) groups is 1. The molecule has 1 heterocycles. The highest BCUT2D eigenvalue weighted by atomic mass is 79.9. The standard InChI is InChI=1S/C14H18N4O2S.BrH/c1-14(2,3)16-13-18-17-10(7-21-13)8-4-5-11(19)9(6-8)12(15)20;/h4-6,19H,7H2,1-3H3,(H2,15,20)(H,16,18);1H. The molecule has 1 aliphatic rings. The molecule has 6 nitrogen and oxygen atoms in total. The first-order valence-corrected chi connectivity index (χ1v) is 7.43. The molecule has 0 aromatic heterocycles. The average Bonchev–Trinajstić information content (AvgIpc) is 2.38. The van der Waals surface area contributed by atoms with Gasteiger partial charge >= 0.3 is 0 Å². The maximum Gasteiger partial charge on any atom is 0.252 e. The van der Waals surface area contributed by atoms with E-state index >= 15 is 0 Å². The number of aliphatic imine (C=N–C) groups is 1. The lowest BCUT2D eigenvalue weighted by atomic mass is 10.1. The Morgan fingerprint density at radius 3 is 2.64 bits per heavy atom. The van der Waals surface area contributed by atoms with Crippen molar-refractivity contribution in [2.45, 2.75) is 26.3 Å². The molecule has 0 fully saturated rings. The molecule has 0 spiro atoms. The minimum atomic E-state index is -0.665. The van der Waals surface area contributed by atoms with Crippen molar-refractivity contribution in [3.63, 3.8) is 0 Å². The summed E-state index contributed by atoms with van der Waals surface area (Å²) in [7, 11) is 0. The molecule has 0 saturated carbocycles. The van der Waals surface area contributed by atoms with Crippen LogP contribution in [0.3, 0.4) is 0 Å². The minimum absolute atomic E-state index is 0. The van der Waals surface area contributed by atoms with Crippen molar-refractivity contribution < 1.29 is 9.90 Å². The Kier molecular flexibility index (Phi) is 6.01. The van der Waals surface area contributed by atoms with Gasteiger partial charge in [0.15, 0.2) is 5.17 Å². The van der Waals surface area contributed by atoms with Crippen LogP contribution in [0.15, 0.2) is 28.3 Å². The summed E-state index contributed by atoms with van der Waals surface area (Å²) in [6.45, 7) is 6.04. The van der Waals surface area contributed by atoms with E-state index in [0.29, 0.717) is 5.75 Å². The predicted molar refractivity (Wildman–Crippen MR) is 96.3 cm³/mol. The number of benzene rings is 1. The van der Waals surface area contributed by atoms with E-state index in [1.54, 1.807) is 23.9 Å². The molecule has 0 saturated heterocycles. The van der Waals surface area contributed by atoms with Gasteiger partial charge in [-0.3, -0.25) is 15.2 Å². The number of hydrogen-bond acceptors (Lipinski definition) is 5. The van der Waals surface area contributed by atoms with E-state index in [-0.39, 0.29) is 33.8 Å². The summed E-state index contributed by atoms with van der Waals surface area (Å²) in [5, 5.41) is 14.6. The maximum absolute atomic E-state index is 11.2. The zero-order valence-electron chi connectivity index (χ0n) is 12.6. The molecule has 0 bridgehead atoms. The largest absolute Gasteiger partial charge is 0.507 e. The van der Waals surface area contributed by atoms with Crippen LogP contribution in [0.1, 0.15) is 36.7 Å². The first-order chi connectivity index (χ1) is 9.76. The van der Waals surface area contributed by atoms with Crippen LogP contribution in [-0.4, -0.2) is 33.2 Å². The number of primary amides is 1. The topological polar surface area (TPSA) is 100 Å². The number of amides is 1. The van der Waals surface area contributed by atoms with Crippen LogP contribution in [0.2, 0.25) is 0 Å². The van der Waals surface area contributed by atoms with E-state index in [2.05, 4.69) is 15.5 Å². The van der Waals surface area contributed by atoms with Gasteiger partial charge in [-0.2, -0.15) is 5.10 Å². The third-order valence-corrected chi connectivity index (χ3v) is 3.54. The van der Waals surface area contributed by atoms with Gasteiger partial charge in [-0.15, -0.1) is 17.0 Å². The SMILES string of the molecule is Br.CC(C)(C)N=C1NN=C(c2ccc(O)c(C(N)=O)c2)CS1. The van der Waals surface area contributed by atoms with Gasteiger partial charge in [-0.25, -0.2) is 0 Å². The highest BCUT2D eigenvalue weighted by Crippen LogP contribution is 2.21. The number of aromatic hydroxyl groups is 1. The lowest BCUT2D eigenvalue weighted by Gasteiger charge is -2.19. The lowest BCUT2D eigenvalue weighted by Crippen LogP contribution is -2.28. The summed E-state index contributed by atoms with van der Waals surface area (Å²) in [5.41, 5.74) is 9.58. The molecule has 1 aliphatic heterocycles. The second-order valence-corrected chi connectivity index (χ2v) is 6.61. The second-order valence-electron chi connectivity index (χ2n) is 5.64. The molecular weight excluding hydrogens is 368 g/mol. The first-order valence-electron chi connectivity index (χ1n) is 6.45. The fourth-order valence-electron chi connectivity index (χ4n) is 1.74. The molecule has 0 atom stereocenters. The number of nitrogens with two attached hydrogens (primary N) is 1. The Labute approximate surface area is 144 Å². The lowest BCUT2D eigenvalue weighted by molar-refractivity contribution is 0.0997. The van der Waals surface area contributed by atoms with Crippen LogP contribution in [0, 0.1) is 0 Å². The van der Waals surface area contributed by atoms with Crippen molar-refractivity contribution in [3.8, 4) is 5.75 Å². The van der Waals surface area contributed by atoms with Crippen LogP contribution in [0.5, 0.6) is 5.75 Å².